The normalized spacial score (nSPS) is 23.8. The molecule has 2 fully saturated rings. The zero-order valence-corrected chi connectivity index (χ0v) is 12.3. The van der Waals surface area contributed by atoms with E-state index >= 15 is 0 Å². The van der Waals surface area contributed by atoms with Gasteiger partial charge in [-0.15, -0.1) is 0 Å². The Morgan fingerprint density at radius 2 is 1.68 bits per heavy atom. The molecule has 0 spiro atoms. The van der Waals surface area contributed by atoms with E-state index in [1.165, 1.54) is 64.2 Å². The van der Waals surface area contributed by atoms with Crippen LogP contribution in [0.5, 0.6) is 0 Å². The molecular formula is C16H31NO2. The number of aliphatic hydroxyl groups excluding tert-OH is 1. The van der Waals surface area contributed by atoms with Crippen LogP contribution in [0.1, 0.15) is 64.2 Å². The Labute approximate surface area is 118 Å². The van der Waals surface area contributed by atoms with Crippen LogP contribution in [0.4, 0.5) is 0 Å². The minimum absolute atomic E-state index is 0.342. The van der Waals surface area contributed by atoms with Gasteiger partial charge in [0.05, 0.1) is 18.8 Å². The maximum Gasteiger partial charge on any atom is 0.0897 e. The van der Waals surface area contributed by atoms with Crippen LogP contribution < -0.4 is 5.32 Å². The van der Waals surface area contributed by atoms with Crippen LogP contribution in [0.2, 0.25) is 0 Å². The Hall–Kier alpha value is -0.120. The molecule has 3 nitrogen and oxygen atoms in total. The van der Waals surface area contributed by atoms with Crippen LogP contribution in [-0.4, -0.2) is 37.0 Å². The first kappa shape index (κ1) is 15.3. The van der Waals surface area contributed by atoms with Crippen molar-refractivity contribution in [2.75, 3.05) is 19.7 Å². The van der Waals surface area contributed by atoms with Gasteiger partial charge in [-0.2, -0.15) is 0 Å². The molecule has 0 aromatic heterocycles. The summed E-state index contributed by atoms with van der Waals surface area (Å²) < 4.78 is 5.79. The van der Waals surface area contributed by atoms with E-state index in [4.69, 9.17) is 4.74 Å². The van der Waals surface area contributed by atoms with E-state index in [1.807, 2.05) is 0 Å². The van der Waals surface area contributed by atoms with Gasteiger partial charge in [-0.3, -0.25) is 0 Å². The molecule has 0 amide bonds. The lowest BCUT2D eigenvalue weighted by Crippen LogP contribution is -2.33. The summed E-state index contributed by atoms with van der Waals surface area (Å²) in [7, 11) is 0. The molecule has 2 saturated carbocycles. The first-order chi connectivity index (χ1) is 9.34. The lowest BCUT2D eigenvalue weighted by molar-refractivity contribution is -0.0229. The van der Waals surface area contributed by atoms with E-state index in [2.05, 4.69) is 5.32 Å². The van der Waals surface area contributed by atoms with Gasteiger partial charge in [0.2, 0.25) is 0 Å². The van der Waals surface area contributed by atoms with Crippen LogP contribution in [0, 0.1) is 5.92 Å². The Morgan fingerprint density at radius 1 is 1.00 bits per heavy atom. The molecule has 0 aromatic rings. The third-order valence-corrected chi connectivity index (χ3v) is 4.66. The highest BCUT2D eigenvalue weighted by molar-refractivity contribution is 4.70. The molecule has 3 heteroatoms. The van der Waals surface area contributed by atoms with E-state index in [9.17, 15) is 5.11 Å². The lowest BCUT2D eigenvalue weighted by Gasteiger charge is -2.23. The fraction of sp³-hybridized carbons (Fsp3) is 1.00. The highest BCUT2D eigenvalue weighted by Crippen LogP contribution is 2.26. The van der Waals surface area contributed by atoms with Gasteiger partial charge in [-0.25, -0.2) is 0 Å². The maximum atomic E-state index is 9.88. The molecule has 0 aromatic carbocycles. The van der Waals surface area contributed by atoms with Gasteiger partial charge in [0.1, 0.15) is 0 Å². The van der Waals surface area contributed by atoms with Crippen molar-refractivity contribution in [3.8, 4) is 0 Å². The Morgan fingerprint density at radius 3 is 2.42 bits per heavy atom. The molecule has 0 radical (unpaired) electrons. The summed E-state index contributed by atoms with van der Waals surface area (Å²) in [6.07, 6.45) is 13.3. The second-order valence-electron chi connectivity index (χ2n) is 6.39. The summed E-state index contributed by atoms with van der Waals surface area (Å²) in [4.78, 5) is 0. The summed E-state index contributed by atoms with van der Waals surface area (Å²) in [5.74, 6) is 0.933. The summed E-state index contributed by atoms with van der Waals surface area (Å²) >= 11 is 0. The van der Waals surface area contributed by atoms with Gasteiger partial charge >= 0.3 is 0 Å². The molecule has 2 N–H and O–H groups in total. The third-order valence-electron chi connectivity index (χ3n) is 4.66. The molecule has 2 aliphatic rings. The van der Waals surface area contributed by atoms with Crippen molar-refractivity contribution in [1.29, 1.82) is 0 Å². The summed E-state index contributed by atoms with van der Waals surface area (Å²) in [6, 6.07) is 0. The van der Waals surface area contributed by atoms with Crippen molar-refractivity contribution in [2.24, 2.45) is 5.92 Å². The van der Waals surface area contributed by atoms with Gasteiger partial charge < -0.3 is 15.2 Å². The van der Waals surface area contributed by atoms with Crippen LogP contribution in [0.3, 0.4) is 0 Å². The number of ether oxygens (including phenoxy) is 1. The minimum atomic E-state index is -0.342. The van der Waals surface area contributed by atoms with Crippen molar-refractivity contribution in [2.45, 2.75) is 76.4 Å². The second-order valence-corrected chi connectivity index (χ2v) is 6.39. The largest absolute Gasteiger partial charge is 0.389 e. The molecule has 0 bridgehead atoms. The summed E-state index contributed by atoms with van der Waals surface area (Å²) in [5.41, 5.74) is 0. The van der Waals surface area contributed by atoms with Crippen LogP contribution in [0.15, 0.2) is 0 Å². The van der Waals surface area contributed by atoms with Crippen LogP contribution in [0.25, 0.3) is 0 Å². The molecule has 112 valence electrons. The topological polar surface area (TPSA) is 41.5 Å². The van der Waals surface area contributed by atoms with Crippen molar-refractivity contribution >= 4 is 0 Å². The van der Waals surface area contributed by atoms with Gasteiger partial charge in [-0.05, 0) is 31.7 Å². The first-order valence-corrected chi connectivity index (χ1v) is 8.35. The molecule has 1 atom stereocenters. The van der Waals surface area contributed by atoms with Gasteiger partial charge in [0.15, 0.2) is 0 Å². The maximum absolute atomic E-state index is 9.88. The van der Waals surface area contributed by atoms with Crippen LogP contribution in [-0.2, 0) is 4.74 Å². The fourth-order valence-electron chi connectivity index (χ4n) is 3.41. The van der Waals surface area contributed by atoms with Gasteiger partial charge in [-0.1, -0.05) is 44.9 Å². The zero-order chi connectivity index (χ0) is 13.3. The predicted octanol–water partition coefficient (Wildman–Crippen LogP) is 2.87. The number of rotatable bonds is 8. The van der Waals surface area contributed by atoms with Gasteiger partial charge in [0.25, 0.3) is 0 Å². The van der Waals surface area contributed by atoms with E-state index in [-0.39, 0.29) is 6.10 Å². The Balaban J connectivity index is 1.43. The average molecular weight is 269 g/mol. The van der Waals surface area contributed by atoms with Crippen molar-refractivity contribution in [3.63, 3.8) is 0 Å². The molecule has 0 aliphatic heterocycles. The lowest BCUT2D eigenvalue weighted by atomic mass is 9.98. The monoisotopic (exact) mass is 269 g/mol. The number of aliphatic hydroxyl groups is 1. The van der Waals surface area contributed by atoms with Crippen LogP contribution >= 0.6 is 0 Å². The molecule has 2 aliphatic carbocycles. The standard InChI is InChI=1S/C16H31NO2/c18-15(13-19-16-8-2-1-3-9-16)12-17-11-10-14-6-4-5-7-14/h14-18H,1-13H2. The van der Waals surface area contributed by atoms with E-state index in [0.717, 1.165) is 12.5 Å². The fourth-order valence-corrected chi connectivity index (χ4v) is 3.41. The molecular weight excluding hydrogens is 238 g/mol. The average Bonchev–Trinajstić information content (AvgIpc) is 2.96. The second kappa shape index (κ2) is 8.93. The first-order valence-electron chi connectivity index (χ1n) is 8.35. The quantitative estimate of drug-likeness (QED) is 0.666. The molecule has 19 heavy (non-hydrogen) atoms. The van der Waals surface area contributed by atoms with E-state index < -0.39 is 0 Å². The smallest absolute Gasteiger partial charge is 0.0897 e. The van der Waals surface area contributed by atoms with Crippen molar-refractivity contribution in [1.82, 2.24) is 5.32 Å². The molecule has 0 heterocycles. The zero-order valence-electron chi connectivity index (χ0n) is 12.3. The molecule has 1 unspecified atom stereocenters. The Bertz CT molecular complexity index is 223. The highest BCUT2D eigenvalue weighted by atomic mass is 16.5. The summed E-state index contributed by atoms with van der Waals surface area (Å²) in [5, 5.41) is 13.3. The van der Waals surface area contributed by atoms with Gasteiger partial charge in [0, 0.05) is 6.54 Å². The molecule has 0 saturated heterocycles. The minimum Gasteiger partial charge on any atom is -0.389 e. The number of nitrogens with one attached hydrogen (secondary N) is 1. The Kier molecular flexibility index (Phi) is 7.18. The highest BCUT2D eigenvalue weighted by Gasteiger charge is 2.16. The predicted molar refractivity (Wildman–Crippen MR) is 78.3 cm³/mol. The van der Waals surface area contributed by atoms with Crippen molar-refractivity contribution < 1.29 is 9.84 Å². The third kappa shape index (κ3) is 6.24. The molecule has 2 rings (SSSR count). The number of hydrogen-bond donors (Lipinski definition) is 2. The van der Waals surface area contributed by atoms with E-state index in [0.29, 0.717) is 19.3 Å². The van der Waals surface area contributed by atoms with E-state index in [1.54, 1.807) is 0 Å². The number of hydrogen-bond acceptors (Lipinski definition) is 3. The SMILES string of the molecule is OC(CNCCC1CCCC1)COC1CCCCC1. The van der Waals surface area contributed by atoms with Crippen molar-refractivity contribution in [3.05, 3.63) is 0 Å². The summed E-state index contributed by atoms with van der Waals surface area (Å²) in [6.45, 7) is 2.23.